The third-order valence-corrected chi connectivity index (χ3v) is 4.14. The van der Waals surface area contributed by atoms with Gasteiger partial charge >= 0.3 is 6.01 Å². The van der Waals surface area contributed by atoms with E-state index in [9.17, 15) is 0 Å². The number of benzene rings is 1. The fraction of sp³-hybridized carbons (Fsp3) is 0.412. The van der Waals surface area contributed by atoms with E-state index >= 15 is 0 Å². The second kappa shape index (κ2) is 7.62. The van der Waals surface area contributed by atoms with Crippen LogP contribution in [0.15, 0.2) is 36.7 Å². The molecule has 6 heteroatoms. The van der Waals surface area contributed by atoms with Crippen LogP contribution in [0.3, 0.4) is 0 Å². The molecule has 2 heterocycles. The van der Waals surface area contributed by atoms with E-state index in [-0.39, 0.29) is 6.10 Å². The van der Waals surface area contributed by atoms with Gasteiger partial charge in [0.1, 0.15) is 11.9 Å². The molecule has 3 rings (SSSR count). The molecule has 2 aromatic rings. The van der Waals surface area contributed by atoms with Gasteiger partial charge in [-0.1, -0.05) is 23.7 Å². The van der Waals surface area contributed by atoms with E-state index in [0.717, 1.165) is 38.2 Å². The topological polar surface area (TPSA) is 47.5 Å². The minimum Gasteiger partial charge on any atom is -0.497 e. The summed E-state index contributed by atoms with van der Waals surface area (Å²) in [5.41, 5.74) is 1.27. The zero-order valence-electron chi connectivity index (χ0n) is 13.1. The number of aromatic nitrogens is 2. The third-order valence-electron chi connectivity index (χ3n) is 3.94. The van der Waals surface area contributed by atoms with Crippen LogP contribution in [-0.4, -0.2) is 41.2 Å². The van der Waals surface area contributed by atoms with Crippen molar-refractivity contribution in [1.82, 2.24) is 14.9 Å². The van der Waals surface area contributed by atoms with Crippen molar-refractivity contribution in [3.05, 3.63) is 47.2 Å². The highest BCUT2D eigenvalue weighted by Crippen LogP contribution is 2.20. The number of hydrogen-bond acceptors (Lipinski definition) is 5. The maximum Gasteiger partial charge on any atom is 0.316 e. The number of rotatable bonds is 5. The maximum atomic E-state index is 5.82. The van der Waals surface area contributed by atoms with Gasteiger partial charge in [-0.05, 0) is 30.5 Å². The molecule has 122 valence electrons. The number of likely N-dealkylation sites (tertiary alicyclic amines) is 1. The Hall–Kier alpha value is -1.85. The van der Waals surface area contributed by atoms with Crippen LogP contribution in [0.25, 0.3) is 0 Å². The van der Waals surface area contributed by atoms with E-state index in [1.165, 1.54) is 5.56 Å². The van der Waals surface area contributed by atoms with E-state index in [1.54, 1.807) is 19.5 Å². The first kappa shape index (κ1) is 16.0. The molecular formula is C17H20ClN3O2. The van der Waals surface area contributed by atoms with Crippen molar-refractivity contribution in [2.45, 2.75) is 25.5 Å². The summed E-state index contributed by atoms with van der Waals surface area (Å²) >= 11 is 5.78. The molecule has 0 bridgehead atoms. The van der Waals surface area contributed by atoms with Crippen molar-refractivity contribution in [3.63, 3.8) is 0 Å². The Morgan fingerprint density at radius 2 is 1.96 bits per heavy atom. The maximum absolute atomic E-state index is 5.82. The van der Waals surface area contributed by atoms with Gasteiger partial charge in [-0.3, -0.25) is 4.90 Å². The van der Waals surface area contributed by atoms with Crippen LogP contribution >= 0.6 is 11.6 Å². The largest absolute Gasteiger partial charge is 0.497 e. The highest BCUT2D eigenvalue weighted by atomic mass is 35.5. The van der Waals surface area contributed by atoms with Crippen molar-refractivity contribution >= 4 is 11.6 Å². The molecule has 1 aromatic heterocycles. The smallest absolute Gasteiger partial charge is 0.316 e. The van der Waals surface area contributed by atoms with Gasteiger partial charge in [-0.25, -0.2) is 9.97 Å². The molecule has 0 atom stereocenters. The average molecular weight is 334 g/mol. The van der Waals surface area contributed by atoms with E-state index in [1.807, 2.05) is 12.1 Å². The summed E-state index contributed by atoms with van der Waals surface area (Å²) in [6.07, 6.45) is 5.22. The van der Waals surface area contributed by atoms with Crippen molar-refractivity contribution in [1.29, 1.82) is 0 Å². The first-order chi connectivity index (χ1) is 11.2. The van der Waals surface area contributed by atoms with Crippen molar-refractivity contribution in [2.24, 2.45) is 0 Å². The predicted octanol–water partition coefficient (Wildman–Crippen LogP) is 3.18. The quantitative estimate of drug-likeness (QED) is 0.841. The molecule has 1 aliphatic rings. The molecule has 1 saturated heterocycles. The van der Waals surface area contributed by atoms with Gasteiger partial charge in [0, 0.05) is 19.6 Å². The van der Waals surface area contributed by atoms with E-state index < -0.39 is 0 Å². The molecule has 0 radical (unpaired) electrons. The minimum atomic E-state index is 0.165. The molecule has 0 spiro atoms. The zero-order valence-corrected chi connectivity index (χ0v) is 13.9. The number of halogens is 1. The van der Waals surface area contributed by atoms with Gasteiger partial charge in [-0.15, -0.1) is 0 Å². The predicted molar refractivity (Wildman–Crippen MR) is 89.0 cm³/mol. The monoisotopic (exact) mass is 333 g/mol. The normalized spacial score (nSPS) is 16.3. The minimum absolute atomic E-state index is 0.165. The molecule has 1 aliphatic heterocycles. The van der Waals surface area contributed by atoms with Gasteiger partial charge < -0.3 is 9.47 Å². The van der Waals surface area contributed by atoms with Crippen LogP contribution in [0, 0.1) is 0 Å². The highest BCUT2D eigenvalue weighted by molar-refractivity contribution is 6.30. The van der Waals surface area contributed by atoms with Gasteiger partial charge in [0.15, 0.2) is 0 Å². The van der Waals surface area contributed by atoms with Gasteiger partial charge in [0.2, 0.25) is 0 Å². The lowest BCUT2D eigenvalue weighted by molar-refractivity contribution is 0.0892. The van der Waals surface area contributed by atoms with Crippen molar-refractivity contribution < 1.29 is 9.47 Å². The van der Waals surface area contributed by atoms with Gasteiger partial charge in [0.05, 0.1) is 24.5 Å². The summed E-state index contributed by atoms with van der Waals surface area (Å²) in [4.78, 5) is 10.6. The Kier molecular flexibility index (Phi) is 5.31. The van der Waals surface area contributed by atoms with Gasteiger partial charge in [0.25, 0.3) is 0 Å². The number of ether oxygens (including phenoxy) is 2. The Morgan fingerprint density at radius 3 is 2.65 bits per heavy atom. The Balaban J connectivity index is 1.49. The lowest BCUT2D eigenvalue weighted by Crippen LogP contribution is -2.38. The van der Waals surface area contributed by atoms with E-state index in [2.05, 4.69) is 27.0 Å². The molecule has 1 fully saturated rings. The van der Waals surface area contributed by atoms with E-state index in [4.69, 9.17) is 21.1 Å². The average Bonchev–Trinajstić information content (AvgIpc) is 2.59. The van der Waals surface area contributed by atoms with Gasteiger partial charge in [-0.2, -0.15) is 0 Å². The summed E-state index contributed by atoms with van der Waals surface area (Å²) < 4.78 is 11.1. The fourth-order valence-corrected chi connectivity index (χ4v) is 2.82. The highest BCUT2D eigenvalue weighted by Gasteiger charge is 2.21. The molecule has 0 amide bonds. The third kappa shape index (κ3) is 4.56. The fourth-order valence-electron chi connectivity index (χ4n) is 2.72. The van der Waals surface area contributed by atoms with Crippen molar-refractivity contribution in [2.75, 3.05) is 20.2 Å². The molecule has 0 aliphatic carbocycles. The van der Waals surface area contributed by atoms with Crippen LogP contribution in [0.4, 0.5) is 0 Å². The molecule has 0 N–H and O–H groups in total. The summed E-state index contributed by atoms with van der Waals surface area (Å²) in [5, 5.41) is 0.519. The van der Waals surface area contributed by atoms with Crippen molar-refractivity contribution in [3.8, 4) is 11.8 Å². The summed E-state index contributed by atoms with van der Waals surface area (Å²) in [6.45, 7) is 2.92. The molecule has 5 nitrogen and oxygen atoms in total. The molecule has 23 heavy (non-hydrogen) atoms. The second-order valence-corrected chi connectivity index (χ2v) is 6.07. The number of piperidine rings is 1. The number of hydrogen-bond donors (Lipinski definition) is 0. The summed E-state index contributed by atoms with van der Waals surface area (Å²) in [5.74, 6) is 0.903. The Morgan fingerprint density at radius 1 is 1.22 bits per heavy atom. The number of nitrogens with zero attached hydrogens (tertiary/aromatic N) is 3. The lowest BCUT2D eigenvalue weighted by Gasteiger charge is -2.31. The molecule has 0 unspecified atom stereocenters. The second-order valence-electron chi connectivity index (χ2n) is 5.63. The molecule has 0 saturated carbocycles. The number of methoxy groups -OCH3 is 1. The van der Waals surface area contributed by atoms with Crippen LogP contribution < -0.4 is 9.47 Å². The summed E-state index contributed by atoms with van der Waals surface area (Å²) in [6, 6.07) is 8.62. The Bertz CT molecular complexity index is 628. The van der Waals surface area contributed by atoms with Crippen LogP contribution in [0.1, 0.15) is 18.4 Å². The van der Waals surface area contributed by atoms with E-state index in [0.29, 0.717) is 11.0 Å². The Labute approximate surface area is 141 Å². The first-order valence-electron chi connectivity index (χ1n) is 7.72. The summed E-state index contributed by atoms with van der Waals surface area (Å²) in [7, 11) is 1.70. The van der Waals surface area contributed by atoms with Crippen LogP contribution in [0.5, 0.6) is 11.8 Å². The SMILES string of the molecule is COc1cccc(CN2CCC(Oc3ncc(Cl)cn3)CC2)c1. The lowest BCUT2D eigenvalue weighted by atomic mass is 10.1. The van der Waals surface area contributed by atoms with Crippen LogP contribution in [-0.2, 0) is 6.54 Å². The standard InChI is InChI=1S/C17H20ClN3O2/c1-22-16-4-2-3-13(9-16)12-21-7-5-15(6-8-21)23-17-19-10-14(18)11-20-17/h2-4,9-11,15H,5-8,12H2,1H3. The van der Waals surface area contributed by atoms with Crippen LogP contribution in [0.2, 0.25) is 5.02 Å². The molecular weight excluding hydrogens is 314 g/mol. The first-order valence-corrected chi connectivity index (χ1v) is 8.10. The zero-order chi connectivity index (χ0) is 16.1. The molecule has 1 aromatic carbocycles.